The Morgan fingerprint density at radius 2 is 2.00 bits per heavy atom. The Hall–Kier alpha value is -0.330. The molecule has 3 aliphatic rings. The lowest BCUT2D eigenvalue weighted by atomic mass is 9.42. The summed E-state index contributed by atoms with van der Waals surface area (Å²) in [4.78, 5) is 11.6. The van der Waals surface area contributed by atoms with Crippen molar-refractivity contribution in [1.82, 2.24) is 0 Å². The molecule has 0 saturated heterocycles. The van der Waals surface area contributed by atoms with Gasteiger partial charge < -0.3 is 0 Å². The van der Waals surface area contributed by atoms with Gasteiger partial charge in [-0.05, 0) is 31.1 Å². The van der Waals surface area contributed by atoms with Crippen molar-refractivity contribution in [3.8, 4) is 0 Å². The topological polar surface area (TPSA) is 17.1 Å². The summed E-state index contributed by atoms with van der Waals surface area (Å²) in [6.07, 6.45) is 4.47. The Bertz CT molecular complexity index is 176. The SMILES string of the molecule is CC(C)CC(=O)C12CC(C1)C2. The molecule has 0 spiro atoms. The highest BCUT2D eigenvalue weighted by atomic mass is 16.1. The molecule has 0 aromatic carbocycles. The van der Waals surface area contributed by atoms with E-state index in [4.69, 9.17) is 0 Å². The van der Waals surface area contributed by atoms with E-state index in [0.717, 1.165) is 12.3 Å². The third-order valence-corrected chi connectivity index (χ3v) is 3.22. The van der Waals surface area contributed by atoms with Crippen LogP contribution in [0.4, 0.5) is 0 Å². The average molecular weight is 152 g/mol. The molecule has 3 fully saturated rings. The molecule has 0 aromatic rings. The fourth-order valence-corrected chi connectivity index (χ4v) is 2.41. The second kappa shape index (κ2) is 2.09. The minimum absolute atomic E-state index is 0.217. The fourth-order valence-electron chi connectivity index (χ4n) is 2.41. The number of rotatable bonds is 3. The summed E-state index contributed by atoms with van der Waals surface area (Å²) >= 11 is 0. The molecule has 62 valence electrons. The molecule has 0 aromatic heterocycles. The van der Waals surface area contributed by atoms with Crippen molar-refractivity contribution in [1.29, 1.82) is 0 Å². The van der Waals surface area contributed by atoms with E-state index in [2.05, 4.69) is 13.8 Å². The Kier molecular flexibility index (Phi) is 1.39. The molecule has 3 aliphatic carbocycles. The van der Waals surface area contributed by atoms with Gasteiger partial charge in [0.2, 0.25) is 0 Å². The Labute approximate surface area is 68.2 Å². The van der Waals surface area contributed by atoms with Gasteiger partial charge in [0, 0.05) is 11.8 Å². The zero-order chi connectivity index (χ0) is 8.06. The maximum absolute atomic E-state index is 11.6. The zero-order valence-corrected chi connectivity index (χ0v) is 7.39. The van der Waals surface area contributed by atoms with E-state index in [-0.39, 0.29) is 5.41 Å². The summed E-state index contributed by atoms with van der Waals surface area (Å²) in [6.45, 7) is 4.26. The first-order chi connectivity index (χ1) is 5.12. The van der Waals surface area contributed by atoms with Crippen LogP contribution in [-0.4, -0.2) is 5.78 Å². The van der Waals surface area contributed by atoms with E-state index >= 15 is 0 Å². The first-order valence-electron chi connectivity index (χ1n) is 4.66. The fraction of sp³-hybridized carbons (Fsp3) is 0.900. The van der Waals surface area contributed by atoms with Gasteiger partial charge in [-0.1, -0.05) is 13.8 Å². The third kappa shape index (κ3) is 0.935. The minimum Gasteiger partial charge on any atom is -0.299 e. The van der Waals surface area contributed by atoms with Gasteiger partial charge in [0.15, 0.2) is 0 Å². The van der Waals surface area contributed by atoms with Crippen LogP contribution in [0, 0.1) is 17.3 Å². The first kappa shape index (κ1) is 7.33. The molecule has 0 radical (unpaired) electrons. The number of ketones is 1. The monoisotopic (exact) mass is 152 g/mol. The summed E-state index contributed by atoms with van der Waals surface area (Å²) < 4.78 is 0. The normalized spacial score (nSPS) is 39.7. The molecule has 0 heterocycles. The average Bonchev–Trinajstić information content (AvgIpc) is 1.50. The predicted molar refractivity (Wildman–Crippen MR) is 44.2 cm³/mol. The van der Waals surface area contributed by atoms with E-state index in [9.17, 15) is 4.79 Å². The van der Waals surface area contributed by atoms with Crippen molar-refractivity contribution in [3.05, 3.63) is 0 Å². The maximum atomic E-state index is 11.6. The summed E-state index contributed by atoms with van der Waals surface area (Å²) in [5, 5.41) is 0. The van der Waals surface area contributed by atoms with Crippen molar-refractivity contribution in [2.75, 3.05) is 0 Å². The molecular formula is C10H16O. The molecule has 3 rings (SSSR count). The molecule has 1 nitrogen and oxygen atoms in total. The van der Waals surface area contributed by atoms with E-state index in [0.29, 0.717) is 11.7 Å². The van der Waals surface area contributed by atoms with Crippen molar-refractivity contribution in [2.24, 2.45) is 17.3 Å². The van der Waals surface area contributed by atoms with Crippen LogP contribution in [0.3, 0.4) is 0 Å². The first-order valence-corrected chi connectivity index (χ1v) is 4.66. The highest BCUT2D eigenvalue weighted by Gasteiger charge is 2.60. The Morgan fingerprint density at radius 3 is 2.27 bits per heavy atom. The van der Waals surface area contributed by atoms with Crippen LogP contribution in [0.5, 0.6) is 0 Å². The molecule has 0 N–H and O–H groups in total. The van der Waals surface area contributed by atoms with Gasteiger partial charge >= 0.3 is 0 Å². The van der Waals surface area contributed by atoms with Crippen molar-refractivity contribution < 1.29 is 4.79 Å². The van der Waals surface area contributed by atoms with Gasteiger partial charge in [-0.3, -0.25) is 4.79 Å². The van der Waals surface area contributed by atoms with Crippen molar-refractivity contribution in [3.63, 3.8) is 0 Å². The molecule has 0 atom stereocenters. The molecule has 0 aliphatic heterocycles. The highest BCUT2D eigenvalue weighted by molar-refractivity contribution is 5.87. The van der Waals surface area contributed by atoms with Gasteiger partial charge in [0.25, 0.3) is 0 Å². The molecule has 1 heteroatoms. The van der Waals surface area contributed by atoms with Gasteiger partial charge in [-0.25, -0.2) is 0 Å². The van der Waals surface area contributed by atoms with E-state index in [1.54, 1.807) is 0 Å². The number of hydrogen-bond donors (Lipinski definition) is 0. The lowest BCUT2D eigenvalue weighted by Crippen LogP contribution is -2.56. The molecule has 0 unspecified atom stereocenters. The molecule has 11 heavy (non-hydrogen) atoms. The predicted octanol–water partition coefficient (Wildman–Crippen LogP) is 2.40. The zero-order valence-electron chi connectivity index (χ0n) is 7.39. The smallest absolute Gasteiger partial charge is 0.139 e. The summed E-state index contributed by atoms with van der Waals surface area (Å²) in [5.74, 6) is 2.04. The standard InChI is InChI=1S/C10H16O/c1-7(2)3-9(11)10-4-8(5-10)6-10/h7-8H,3-6H2,1-2H3. The van der Waals surface area contributed by atoms with Crippen LogP contribution in [-0.2, 0) is 4.79 Å². The van der Waals surface area contributed by atoms with Crippen LogP contribution < -0.4 is 0 Å². The van der Waals surface area contributed by atoms with Crippen LogP contribution in [0.2, 0.25) is 0 Å². The maximum Gasteiger partial charge on any atom is 0.139 e. The van der Waals surface area contributed by atoms with E-state index < -0.39 is 0 Å². The van der Waals surface area contributed by atoms with Crippen molar-refractivity contribution in [2.45, 2.75) is 39.5 Å². The van der Waals surface area contributed by atoms with Gasteiger partial charge in [0.05, 0.1) is 0 Å². The minimum atomic E-state index is 0.217. The lowest BCUT2D eigenvalue weighted by Gasteiger charge is -2.60. The highest BCUT2D eigenvalue weighted by Crippen LogP contribution is 2.65. The number of carbonyl (C=O) groups excluding carboxylic acids is 1. The van der Waals surface area contributed by atoms with Crippen LogP contribution in [0.25, 0.3) is 0 Å². The Morgan fingerprint density at radius 1 is 1.45 bits per heavy atom. The van der Waals surface area contributed by atoms with Crippen LogP contribution >= 0.6 is 0 Å². The quantitative estimate of drug-likeness (QED) is 0.607. The summed E-state index contributed by atoms with van der Waals surface area (Å²) in [7, 11) is 0. The number of hydrogen-bond acceptors (Lipinski definition) is 1. The molecular weight excluding hydrogens is 136 g/mol. The third-order valence-electron chi connectivity index (χ3n) is 3.22. The summed E-state index contributed by atoms with van der Waals surface area (Å²) in [5.41, 5.74) is 0.217. The van der Waals surface area contributed by atoms with Crippen LogP contribution in [0.15, 0.2) is 0 Å². The number of Topliss-reactive ketones (excluding diaryl/α,β-unsaturated/α-hetero) is 1. The molecule has 3 saturated carbocycles. The van der Waals surface area contributed by atoms with Crippen molar-refractivity contribution >= 4 is 5.78 Å². The second-order valence-corrected chi connectivity index (χ2v) is 4.78. The van der Waals surface area contributed by atoms with Gasteiger partial charge in [-0.15, -0.1) is 0 Å². The largest absolute Gasteiger partial charge is 0.299 e. The van der Waals surface area contributed by atoms with E-state index in [1.807, 2.05) is 0 Å². The van der Waals surface area contributed by atoms with Gasteiger partial charge in [0.1, 0.15) is 5.78 Å². The number of carbonyl (C=O) groups is 1. The van der Waals surface area contributed by atoms with Gasteiger partial charge in [-0.2, -0.15) is 0 Å². The second-order valence-electron chi connectivity index (χ2n) is 4.78. The summed E-state index contributed by atoms with van der Waals surface area (Å²) in [6, 6.07) is 0. The van der Waals surface area contributed by atoms with Crippen LogP contribution in [0.1, 0.15) is 39.5 Å². The molecule has 2 bridgehead atoms. The Balaban J connectivity index is 1.90. The molecule has 0 amide bonds. The lowest BCUT2D eigenvalue weighted by molar-refractivity contribution is -0.163. The van der Waals surface area contributed by atoms with E-state index in [1.165, 1.54) is 19.3 Å².